The van der Waals surface area contributed by atoms with Crippen LogP contribution in [0, 0.1) is 0 Å². The minimum atomic E-state index is -0.0420. The van der Waals surface area contributed by atoms with Crippen molar-refractivity contribution in [2.45, 2.75) is 13.5 Å². The van der Waals surface area contributed by atoms with Gasteiger partial charge in [-0.2, -0.15) is 0 Å². The topological polar surface area (TPSA) is 75.2 Å². The number of amides is 1. The molecule has 0 fully saturated rings. The molecule has 134 valence electrons. The Labute approximate surface area is 144 Å². The van der Waals surface area contributed by atoms with Gasteiger partial charge in [0.15, 0.2) is 5.96 Å². The van der Waals surface area contributed by atoms with Crippen molar-refractivity contribution in [2.75, 3.05) is 47.4 Å². The smallest absolute Gasteiger partial charge is 0.243 e. The number of carbonyl (C=O) groups is 1. The molecule has 0 aliphatic carbocycles. The molecule has 7 nitrogen and oxygen atoms in total. The Hall–Kier alpha value is -2.28. The highest BCUT2D eigenvalue weighted by Crippen LogP contribution is 2.17. The highest BCUT2D eigenvalue weighted by atomic mass is 16.5. The van der Waals surface area contributed by atoms with E-state index >= 15 is 0 Å². The van der Waals surface area contributed by atoms with E-state index in [9.17, 15) is 4.79 Å². The summed E-state index contributed by atoms with van der Waals surface area (Å²) in [6.45, 7) is 4.41. The number of likely N-dealkylation sites (N-methyl/N-ethyl adjacent to an activating group) is 1. The second-order valence-corrected chi connectivity index (χ2v) is 5.27. The second kappa shape index (κ2) is 11.3. The van der Waals surface area contributed by atoms with Crippen molar-refractivity contribution in [1.82, 2.24) is 15.5 Å². The maximum Gasteiger partial charge on any atom is 0.243 e. The van der Waals surface area contributed by atoms with Crippen LogP contribution in [-0.4, -0.2) is 64.2 Å². The van der Waals surface area contributed by atoms with Crippen LogP contribution in [0.15, 0.2) is 29.3 Å². The summed E-state index contributed by atoms with van der Waals surface area (Å²) in [4.78, 5) is 17.3. The molecule has 1 aromatic carbocycles. The number of benzene rings is 1. The van der Waals surface area contributed by atoms with Crippen molar-refractivity contribution in [3.05, 3.63) is 29.8 Å². The van der Waals surface area contributed by atoms with Crippen molar-refractivity contribution in [2.24, 2.45) is 4.99 Å². The number of para-hydroxylation sites is 1. The zero-order valence-corrected chi connectivity index (χ0v) is 15.0. The molecule has 0 aromatic heterocycles. The lowest BCUT2D eigenvalue weighted by molar-refractivity contribution is -0.127. The Morgan fingerprint density at radius 3 is 2.67 bits per heavy atom. The monoisotopic (exact) mass is 336 g/mol. The maximum atomic E-state index is 11.6. The fourth-order valence-electron chi connectivity index (χ4n) is 1.88. The van der Waals surface area contributed by atoms with Gasteiger partial charge in [0.2, 0.25) is 5.91 Å². The summed E-state index contributed by atoms with van der Waals surface area (Å²) in [7, 11) is 5.07. The Balaban J connectivity index is 2.35. The molecule has 2 N–H and O–H groups in total. The zero-order chi connectivity index (χ0) is 17.8. The summed E-state index contributed by atoms with van der Waals surface area (Å²) in [6, 6.07) is 7.77. The van der Waals surface area contributed by atoms with Crippen molar-refractivity contribution in [3.63, 3.8) is 0 Å². The second-order valence-electron chi connectivity index (χ2n) is 5.27. The first-order valence-corrected chi connectivity index (χ1v) is 8.00. The molecule has 1 aromatic rings. The molecule has 1 rings (SSSR count). The number of carbonyl (C=O) groups excluding carboxylic acids is 1. The first kappa shape index (κ1) is 19.8. The lowest BCUT2D eigenvalue weighted by Crippen LogP contribution is -2.39. The number of nitrogens with one attached hydrogen (secondary N) is 2. The first-order valence-electron chi connectivity index (χ1n) is 8.00. The van der Waals surface area contributed by atoms with Crippen molar-refractivity contribution in [3.8, 4) is 5.75 Å². The molecule has 0 atom stereocenters. The number of methoxy groups -OCH3 is 1. The van der Waals surface area contributed by atoms with E-state index in [1.54, 1.807) is 21.2 Å². The molecule has 1 amide bonds. The summed E-state index contributed by atoms with van der Waals surface area (Å²) in [5.74, 6) is 1.38. The molecule has 0 unspecified atom stereocenters. The van der Waals surface area contributed by atoms with Crippen LogP contribution in [-0.2, 0) is 16.1 Å². The van der Waals surface area contributed by atoms with Crippen molar-refractivity contribution < 1.29 is 14.3 Å². The Kier molecular flexibility index (Phi) is 9.29. The van der Waals surface area contributed by atoms with Crippen LogP contribution in [0.3, 0.4) is 0 Å². The zero-order valence-electron chi connectivity index (χ0n) is 15.0. The largest absolute Gasteiger partial charge is 0.496 e. The van der Waals surface area contributed by atoms with Gasteiger partial charge in [0.1, 0.15) is 12.3 Å². The van der Waals surface area contributed by atoms with Crippen molar-refractivity contribution in [1.29, 1.82) is 0 Å². The molecule has 0 aliphatic rings. The van der Waals surface area contributed by atoms with Gasteiger partial charge >= 0.3 is 0 Å². The molecule has 0 radical (unpaired) electrons. The van der Waals surface area contributed by atoms with Crippen LogP contribution in [0.25, 0.3) is 0 Å². The van der Waals surface area contributed by atoms with E-state index in [1.807, 2.05) is 31.2 Å². The van der Waals surface area contributed by atoms with Gasteiger partial charge in [-0.05, 0) is 13.0 Å². The third kappa shape index (κ3) is 7.32. The van der Waals surface area contributed by atoms with E-state index in [1.165, 1.54) is 4.90 Å². The summed E-state index contributed by atoms with van der Waals surface area (Å²) in [5, 5.41) is 6.24. The Morgan fingerprint density at radius 1 is 1.25 bits per heavy atom. The van der Waals surface area contributed by atoms with Crippen LogP contribution < -0.4 is 15.4 Å². The molecular weight excluding hydrogens is 308 g/mol. The Morgan fingerprint density at radius 2 is 2.00 bits per heavy atom. The molecule has 0 spiro atoms. The highest BCUT2D eigenvalue weighted by Gasteiger charge is 2.04. The molecular formula is C17H28N4O3. The molecule has 0 saturated heterocycles. The molecule has 0 saturated carbocycles. The minimum absolute atomic E-state index is 0.0420. The quantitative estimate of drug-likeness (QED) is 0.397. The van der Waals surface area contributed by atoms with Crippen LogP contribution in [0.4, 0.5) is 0 Å². The van der Waals surface area contributed by atoms with E-state index in [0.717, 1.165) is 17.9 Å². The minimum Gasteiger partial charge on any atom is -0.496 e. The lowest BCUT2D eigenvalue weighted by Gasteiger charge is -2.13. The predicted octanol–water partition coefficient (Wildman–Crippen LogP) is 0.855. The van der Waals surface area contributed by atoms with E-state index in [4.69, 9.17) is 9.47 Å². The summed E-state index contributed by atoms with van der Waals surface area (Å²) < 4.78 is 10.9. The van der Waals surface area contributed by atoms with Crippen LogP contribution in [0.1, 0.15) is 12.5 Å². The van der Waals surface area contributed by atoms with Gasteiger partial charge in [-0.3, -0.25) is 4.79 Å². The molecule has 0 aliphatic heterocycles. The van der Waals surface area contributed by atoms with E-state index < -0.39 is 0 Å². The first-order chi connectivity index (χ1) is 11.6. The number of hydrogen-bond acceptors (Lipinski definition) is 4. The van der Waals surface area contributed by atoms with Gasteiger partial charge in [-0.1, -0.05) is 18.2 Å². The SMILES string of the molecule is CCNC(=NCC(=O)N(C)C)NCCOCc1ccccc1OC. The summed E-state index contributed by atoms with van der Waals surface area (Å²) in [6.07, 6.45) is 0. The van der Waals surface area contributed by atoms with Crippen LogP contribution in [0.5, 0.6) is 5.75 Å². The van der Waals surface area contributed by atoms with Gasteiger partial charge in [0.25, 0.3) is 0 Å². The third-order valence-corrected chi connectivity index (χ3v) is 3.20. The fraction of sp³-hybridized carbons (Fsp3) is 0.529. The number of aliphatic imine (C=N–C) groups is 1. The standard InChI is InChI=1S/C17H28N4O3/c1-5-18-17(20-12-16(22)21(2)3)19-10-11-24-13-14-8-6-7-9-15(14)23-4/h6-9H,5,10-13H2,1-4H3,(H2,18,19,20). The summed E-state index contributed by atoms with van der Waals surface area (Å²) >= 11 is 0. The van der Waals surface area contributed by atoms with Gasteiger partial charge in [-0.15, -0.1) is 0 Å². The highest BCUT2D eigenvalue weighted by molar-refractivity contribution is 5.84. The number of ether oxygens (including phenoxy) is 2. The molecule has 0 heterocycles. The Bertz CT molecular complexity index is 532. The van der Waals surface area contributed by atoms with Crippen molar-refractivity contribution >= 4 is 11.9 Å². The molecule has 24 heavy (non-hydrogen) atoms. The molecule has 7 heteroatoms. The van der Waals surface area contributed by atoms with E-state index in [-0.39, 0.29) is 12.5 Å². The van der Waals surface area contributed by atoms with E-state index in [0.29, 0.717) is 25.7 Å². The van der Waals surface area contributed by atoms with Crippen LogP contribution >= 0.6 is 0 Å². The van der Waals surface area contributed by atoms with Crippen LogP contribution in [0.2, 0.25) is 0 Å². The number of guanidine groups is 1. The predicted molar refractivity (Wildman–Crippen MR) is 95.3 cm³/mol. The van der Waals surface area contributed by atoms with E-state index in [2.05, 4.69) is 15.6 Å². The normalized spacial score (nSPS) is 11.1. The lowest BCUT2D eigenvalue weighted by atomic mass is 10.2. The average Bonchev–Trinajstić information content (AvgIpc) is 2.59. The van der Waals surface area contributed by atoms with Gasteiger partial charge in [0, 0.05) is 32.7 Å². The number of rotatable bonds is 9. The van der Waals surface area contributed by atoms with Gasteiger partial charge in [-0.25, -0.2) is 4.99 Å². The van der Waals surface area contributed by atoms with Gasteiger partial charge in [0.05, 0.1) is 20.3 Å². The molecule has 0 bridgehead atoms. The maximum absolute atomic E-state index is 11.6. The van der Waals surface area contributed by atoms with Gasteiger partial charge < -0.3 is 25.0 Å². The average molecular weight is 336 g/mol. The summed E-state index contributed by atoms with van der Waals surface area (Å²) in [5.41, 5.74) is 1.01. The number of hydrogen-bond donors (Lipinski definition) is 2. The number of nitrogens with zero attached hydrogens (tertiary/aromatic N) is 2. The third-order valence-electron chi connectivity index (χ3n) is 3.20. The fourth-order valence-corrected chi connectivity index (χ4v) is 1.88.